The molecule has 1 aliphatic heterocycles. The van der Waals surface area contributed by atoms with Gasteiger partial charge in [0, 0.05) is 18.7 Å². The van der Waals surface area contributed by atoms with Crippen molar-refractivity contribution in [1.82, 2.24) is 9.36 Å². The molecular weight excluding hydrogens is 334 g/mol. The van der Waals surface area contributed by atoms with Gasteiger partial charge in [-0.25, -0.2) is 13.9 Å². The third-order valence-corrected chi connectivity index (χ3v) is 4.42. The molecule has 0 spiro atoms. The van der Waals surface area contributed by atoms with Gasteiger partial charge >= 0.3 is 5.97 Å². The van der Waals surface area contributed by atoms with E-state index in [0.717, 1.165) is 25.0 Å². The highest BCUT2D eigenvalue weighted by Crippen LogP contribution is 2.32. The minimum atomic E-state index is -1.30. The van der Waals surface area contributed by atoms with E-state index < -0.39 is 17.3 Å². The van der Waals surface area contributed by atoms with E-state index in [9.17, 15) is 14.0 Å². The molecule has 2 heterocycles. The van der Waals surface area contributed by atoms with Crippen molar-refractivity contribution in [3.05, 3.63) is 44.0 Å². The largest absolute Gasteiger partial charge is 0.478 e. The molecule has 0 unspecified atom stereocenters. The van der Waals surface area contributed by atoms with Crippen LogP contribution < -0.4 is 5.56 Å². The number of hydrogen-bond donors (Lipinski definition) is 1. The highest BCUT2D eigenvalue weighted by atomic mass is 35.5. The van der Waals surface area contributed by atoms with Crippen LogP contribution in [-0.2, 0) is 13.1 Å². The zero-order valence-electron chi connectivity index (χ0n) is 11.3. The van der Waals surface area contributed by atoms with Gasteiger partial charge in [0.15, 0.2) is 0 Å². The molecule has 5 nitrogen and oxygen atoms in total. The smallest absolute Gasteiger partial charge is 0.337 e. The summed E-state index contributed by atoms with van der Waals surface area (Å²) >= 11 is 11.9. The maximum absolute atomic E-state index is 14.2. The monoisotopic (exact) mass is 344 g/mol. The second-order valence-electron chi connectivity index (χ2n) is 5.04. The van der Waals surface area contributed by atoms with E-state index in [-0.39, 0.29) is 26.9 Å². The molecule has 116 valence electrons. The first-order chi connectivity index (χ1) is 10.4. The molecule has 1 aromatic heterocycles. The van der Waals surface area contributed by atoms with Crippen LogP contribution in [0.5, 0.6) is 0 Å². The van der Waals surface area contributed by atoms with Crippen molar-refractivity contribution in [1.29, 1.82) is 0 Å². The number of rotatable bonds is 2. The molecule has 0 saturated heterocycles. The summed E-state index contributed by atoms with van der Waals surface area (Å²) in [6.07, 6.45) is 1.71. The van der Waals surface area contributed by atoms with Crippen LogP contribution in [0.3, 0.4) is 0 Å². The van der Waals surface area contributed by atoms with Crippen LogP contribution in [0, 0.1) is 5.82 Å². The minimum Gasteiger partial charge on any atom is -0.478 e. The third-order valence-electron chi connectivity index (χ3n) is 3.72. The first kappa shape index (κ1) is 15.1. The summed E-state index contributed by atoms with van der Waals surface area (Å²) in [7, 11) is 0. The van der Waals surface area contributed by atoms with Crippen LogP contribution in [-0.4, -0.2) is 20.4 Å². The number of benzene rings is 1. The Balaban J connectivity index is 2.29. The number of fused-ring (bicyclic) bond motifs is 1. The van der Waals surface area contributed by atoms with Gasteiger partial charge in [0.2, 0.25) is 0 Å². The van der Waals surface area contributed by atoms with Gasteiger partial charge in [-0.1, -0.05) is 23.2 Å². The lowest BCUT2D eigenvalue weighted by Crippen LogP contribution is -2.27. The first-order valence-corrected chi connectivity index (χ1v) is 7.39. The van der Waals surface area contributed by atoms with E-state index in [1.54, 1.807) is 4.68 Å². The van der Waals surface area contributed by atoms with Crippen molar-refractivity contribution < 1.29 is 14.3 Å². The number of aromatic carboxylic acids is 1. The van der Waals surface area contributed by atoms with Gasteiger partial charge in [0.05, 0.1) is 16.1 Å². The van der Waals surface area contributed by atoms with Gasteiger partial charge in [-0.05, 0) is 25.0 Å². The van der Waals surface area contributed by atoms with Gasteiger partial charge in [-0.3, -0.25) is 9.48 Å². The predicted molar refractivity (Wildman–Crippen MR) is 80.3 cm³/mol. The number of halogens is 3. The van der Waals surface area contributed by atoms with Gasteiger partial charge in [-0.15, -0.1) is 0 Å². The van der Waals surface area contributed by atoms with Gasteiger partial charge in [0.25, 0.3) is 5.56 Å². The molecule has 0 atom stereocenters. The predicted octanol–water partition coefficient (Wildman–Crippen LogP) is 3.25. The highest BCUT2D eigenvalue weighted by molar-refractivity contribution is 6.34. The maximum atomic E-state index is 14.2. The van der Waals surface area contributed by atoms with Crippen molar-refractivity contribution in [2.24, 2.45) is 0 Å². The molecule has 22 heavy (non-hydrogen) atoms. The number of hydrogen-bond acceptors (Lipinski definition) is 2. The summed E-state index contributed by atoms with van der Waals surface area (Å²) in [5.41, 5.74) is -0.878. The fourth-order valence-electron chi connectivity index (χ4n) is 2.66. The quantitative estimate of drug-likeness (QED) is 0.909. The van der Waals surface area contributed by atoms with Crippen LogP contribution in [0.4, 0.5) is 4.39 Å². The summed E-state index contributed by atoms with van der Waals surface area (Å²) in [6.45, 7) is 1.06. The molecule has 1 N–H and O–H groups in total. The molecule has 1 aliphatic rings. The summed E-state index contributed by atoms with van der Waals surface area (Å²) < 4.78 is 17.3. The summed E-state index contributed by atoms with van der Waals surface area (Å²) in [6, 6.07) is 1.94. The van der Waals surface area contributed by atoms with Crippen molar-refractivity contribution in [2.75, 3.05) is 0 Å². The van der Waals surface area contributed by atoms with Gasteiger partial charge in [0.1, 0.15) is 11.0 Å². The van der Waals surface area contributed by atoms with Crippen LogP contribution in [0.2, 0.25) is 10.2 Å². The molecule has 0 amide bonds. The highest BCUT2D eigenvalue weighted by Gasteiger charge is 2.25. The van der Waals surface area contributed by atoms with E-state index >= 15 is 0 Å². The second-order valence-corrected chi connectivity index (χ2v) is 5.81. The third kappa shape index (κ3) is 2.23. The minimum absolute atomic E-state index is 0.0276. The van der Waals surface area contributed by atoms with E-state index in [1.807, 2.05) is 0 Å². The van der Waals surface area contributed by atoms with E-state index in [1.165, 1.54) is 4.68 Å². The first-order valence-electron chi connectivity index (χ1n) is 6.63. The lowest BCUT2D eigenvalue weighted by Gasteiger charge is -2.17. The van der Waals surface area contributed by atoms with E-state index in [2.05, 4.69) is 0 Å². The number of carbonyl (C=O) groups is 1. The summed E-state index contributed by atoms with van der Waals surface area (Å²) in [5.74, 6) is -2.08. The molecular formula is C14H11Cl2FN2O3. The number of carboxylic acid groups (broad SMARTS) is 1. The summed E-state index contributed by atoms with van der Waals surface area (Å²) in [4.78, 5) is 23.6. The lowest BCUT2D eigenvalue weighted by atomic mass is 10.0. The molecule has 8 heteroatoms. The van der Waals surface area contributed by atoms with Crippen molar-refractivity contribution in [3.63, 3.8) is 0 Å². The van der Waals surface area contributed by atoms with Gasteiger partial charge in [-0.2, -0.15) is 0 Å². The average molecular weight is 345 g/mol. The van der Waals surface area contributed by atoms with Crippen molar-refractivity contribution in [2.45, 2.75) is 25.9 Å². The molecule has 0 saturated carbocycles. The van der Waals surface area contributed by atoms with Crippen LogP contribution in [0.25, 0.3) is 11.1 Å². The number of carboxylic acids is 1. The van der Waals surface area contributed by atoms with Crippen LogP contribution in [0.1, 0.15) is 23.2 Å². The lowest BCUT2D eigenvalue weighted by molar-refractivity contribution is 0.0697. The Morgan fingerprint density at radius 1 is 1.18 bits per heavy atom. The number of nitrogens with zero attached hydrogens (tertiary/aromatic N) is 2. The van der Waals surface area contributed by atoms with Crippen molar-refractivity contribution >= 4 is 29.2 Å². The average Bonchev–Trinajstić information content (AvgIpc) is 2.72. The molecule has 2 aromatic rings. The number of aromatic nitrogens is 2. The Labute approximate surface area is 134 Å². The zero-order chi connectivity index (χ0) is 16.0. The standard InChI is InChI=1S/C14H11Cl2FN2O3/c15-9-6-10(17)8(5-7(9)14(21)22)11-12(16)18-3-1-2-4-19(18)13(11)20/h5-6H,1-4H2,(H,21,22). The topological polar surface area (TPSA) is 64.2 Å². The molecule has 1 aromatic carbocycles. The zero-order valence-corrected chi connectivity index (χ0v) is 12.8. The van der Waals surface area contributed by atoms with Crippen molar-refractivity contribution in [3.8, 4) is 11.1 Å². The normalized spacial score (nSPS) is 14.0. The fourth-order valence-corrected chi connectivity index (χ4v) is 3.25. The molecule has 3 rings (SSSR count). The molecule has 0 fully saturated rings. The SMILES string of the molecule is O=C(O)c1cc(-c2c(Cl)n3n(c2=O)CCCC3)c(F)cc1Cl. The van der Waals surface area contributed by atoms with Crippen LogP contribution in [0.15, 0.2) is 16.9 Å². The molecule has 0 radical (unpaired) electrons. The Morgan fingerprint density at radius 2 is 1.82 bits per heavy atom. The Hall–Kier alpha value is -1.79. The van der Waals surface area contributed by atoms with E-state index in [0.29, 0.717) is 13.1 Å². The fraction of sp³-hybridized carbons (Fsp3) is 0.286. The Morgan fingerprint density at radius 3 is 2.41 bits per heavy atom. The second kappa shape index (κ2) is 5.44. The van der Waals surface area contributed by atoms with Crippen LogP contribution >= 0.6 is 23.2 Å². The maximum Gasteiger partial charge on any atom is 0.337 e. The Bertz CT molecular complexity index is 842. The molecule has 0 bridgehead atoms. The van der Waals surface area contributed by atoms with Gasteiger partial charge < -0.3 is 5.11 Å². The summed E-state index contributed by atoms with van der Waals surface area (Å²) in [5, 5.41) is 8.99. The Kier molecular flexibility index (Phi) is 3.74. The van der Waals surface area contributed by atoms with E-state index in [4.69, 9.17) is 28.3 Å². The molecule has 0 aliphatic carbocycles.